The average Bonchev–Trinajstić information content (AvgIpc) is 2.72. The second-order valence-corrected chi connectivity index (χ2v) is 5.52. The Labute approximate surface area is 109 Å². The molecule has 0 spiro atoms. The maximum absolute atomic E-state index is 10.4. The number of rotatable bonds is 5. The molecule has 2 heterocycles. The van der Waals surface area contributed by atoms with Gasteiger partial charge < -0.3 is 29.7 Å². The number of anilines is 1. The highest BCUT2D eigenvalue weighted by molar-refractivity contribution is 7.53. The van der Waals surface area contributed by atoms with Crippen molar-refractivity contribution >= 4 is 24.9 Å². The van der Waals surface area contributed by atoms with Crippen molar-refractivity contribution in [3.05, 3.63) is 12.7 Å². The Kier molecular flexibility index (Phi) is 3.93. The van der Waals surface area contributed by atoms with Gasteiger partial charge >= 0.3 is 0 Å². The zero-order chi connectivity index (χ0) is 14.0. The lowest BCUT2D eigenvalue weighted by molar-refractivity contribution is -0.431. The lowest BCUT2D eigenvalue weighted by atomic mass is 10.3. The lowest BCUT2D eigenvalue weighted by Crippen LogP contribution is -2.36. The van der Waals surface area contributed by atoms with E-state index in [1.807, 2.05) is 0 Å². The summed E-state index contributed by atoms with van der Waals surface area (Å²) in [6.45, 7) is 1.82. The Morgan fingerprint density at radius 1 is 1.37 bits per heavy atom. The highest BCUT2D eigenvalue weighted by Crippen LogP contribution is 2.27. The average molecular weight is 285 g/mol. The molecule has 2 rings (SSSR count). The van der Waals surface area contributed by atoms with Crippen LogP contribution in [0, 0.1) is 0 Å². The van der Waals surface area contributed by atoms with Gasteiger partial charge in [0.25, 0.3) is 0 Å². The molecule has 104 valence electrons. The molecule has 0 aromatic carbocycles. The Hall–Kier alpha value is -1.38. The summed E-state index contributed by atoms with van der Waals surface area (Å²) in [5, 5.41) is 0. The van der Waals surface area contributed by atoms with E-state index in [4.69, 9.17) is 10.5 Å². The fourth-order valence-corrected chi connectivity index (χ4v) is 1.94. The van der Waals surface area contributed by atoms with Crippen molar-refractivity contribution in [1.82, 2.24) is 19.5 Å². The molecule has 0 saturated heterocycles. The van der Waals surface area contributed by atoms with E-state index in [-0.39, 0.29) is 18.5 Å². The number of hydrogen-bond donors (Lipinski definition) is 1. The van der Waals surface area contributed by atoms with E-state index in [1.54, 1.807) is 11.5 Å². The third-order valence-corrected chi connectivity index (χ3v) is 2.97. The van der Waals surface area contributed by atoms with Crippen molar-refractivity contribution < 1.29 is 19.4 Å². The number of nitrogen functional groups attached to an aromatic ring is 1. The van der Waals surface area contributed by atoms with E-state index in [1.165, 1.54) is 12.7 Å². The van der Waals surface area contributed by atoms with Crippen LogP contribution in [0.1, 0.15) is 13.0 Å². The van der Waals surface area contributed by atoms with E-state index in [0.717, 1.165) is 0 Å². The van der Waals surface area contributed by atoms with Crippen molar-refractivity contribution in [2.45, 2.75) is 13.0 Å². The molecule has 0 amide bonds. The van der Waals surface area contributed by atoms with Gasteiger partial charge in [-0.05, 0) is 6.92 Å². The Morgan fingerprint density at radius 3 is 2.79 bits per heavy atom. The van der Waals surface area contributed by atoms with Crippen molar-refractivity contribution in [1.29, 1.82) is 0 Å². The van der Waals surface area contributed by atoms with Crippen molar-refractivity contribution in [3.63, 3.8) is 0 Å². The summed E-state index contributed by atoms with van der Waals surface area (Å²) in [7, 11) is -4.65. The van der Waals surface area contributed by atoms with Crippen LogP contribution in [0.25, 0.3) is 11.2 Å². The highest BCUT2D eigenvalue weighted by Gasteiger charge is 2.13. The minimum Gasteiger partial charge on any atom is -0.686 e. The van der Waals surface area contributed by atoms with Crippen LogP contribution in [-0.2, 0) is 4.74 Å². The molecule has 9 nitrogen and oxygen atoms in total. The largest absolute Gasteiger partial charge is 0.686 e. The molecule has 0 fully saturated rings. The van der Waals surface area contributed by atoms with E-state index < -0.39 is 14.3 Å². The van der Waals surface area contributed by atoms with E-state index in [0.29, 0.717) is 11.2 Å². The summed E-state index contributed by atoms with van der Waals surface area (Å²) in [5.41, 5.74) is 6.64. The summed E-state index contributed by atoms with van der Waals surface area (Å²) in [6, 6.07) is -0.245. The molecular weight excluding hydrogens is 273 g/mol. The van der Waals surface area contributed by atoms with Gasteiger partial charge in [-0.3, -0.25) is 0 Å². The summed E-state index contributed by atoms with van der Waals surface area (Å²) in [6.07, 6.45) is 1.99. The zero-order valence-corrected chi connectivity index (χ0v) is 11.0. The van der Waals surface area contributed by atoms with Gasteiger partial charge in [0.15, 0.2) is 11.5 Å². The molecule has 1 atom stereocenters. The minimum absolute atomic E-state index is 0.0455. The van der Waals surface area contributed by atoms with Crippen LogP contribution in [0.2, 0.25) is 0 Å². The number of hydrogen-bond acceptors (Lipinski definition) is 8. The molecule has 2 aromatic heterocycles. The van der Waals surface area contributed by atoms with Crippen LogP contribution in [-0.4, -0.2) is 32.5 Å². The van der Waals surface area contributed by atoms with E-state index in [9.17, 15) is 14.7 Å². The fraction of sp³-hybridized carbons (Fsp3) is 0.444. The van der Waals surface area contributed by atoms with Crippen LogP contribution in [0.4, 0.5) is 5.82 Å². The monoisotopic (exact) mass is 285 g/mol. The number of aromatic nitrogens is 4. The summed E-state index contributed by atoms with van der Waals surface area (Å²) in [4.78, 5) is 43.3. The fourth-order valence-electron chi connectivity index (χ4n) is 1.61. The minimum atomic E-state index is -4.65. The number of nitrogens with two attached hydrogens (primary N) is 1. The van der Waals surface area contributed by atoms with Gasteiger partial charge in [-0.2, -0.15) is 0 Å². The van der Waals surface area contributed by atoms with Gasteiger partial charge in [0.05, 0.1) is 19.0 Å². The molecular formula is C9H12N5O4P-2. The quantitative estimate of drug-likeness (QED) is 0.607. The predicted molar refractivity (Wildman–Crippen MR) is 62.2 cm³/mol. The van der Waals surface area contributed by atoms with Crippen LogP contribution in [0.15, 0.2) is 12.7 Å². The van der Waals surface area contributed by atoms with Gasteiger partial charge in [-0.25, -0.2) is 15.0 Å². The number of ether oxygens (including phenoxy) is 1. The second-order valence-electron chi connectivity index (χ2n) is 4.04. The van der Waals surface area contributed by atoms with Gasteiger partial charge in [-0.15, -0.1) is 7.94 Å². The van der Waals surface area contributed by atoms with Gasteiger partial charge in [0.2, 0.25) is 0 Å². The number of imidazole rings is 1. The van der Waals surface area contributed by atoms with Crippen LogP contribution >= 0.6 is 7.94 Å². The molecule has 0 saturated carbocycles. The van der Waals surface area contributed by atoms with Crippen LogP contribution in [0.3, 0.4) is 0 Å². The zero-order valence-electron chi connectivity index (χ0n) is 10.1. The molecule has 0 radical (unpaired) electrons. The smallest absolute Gasteiger partial charge is 0.165 e. The molecule has 2 aromatic rings. The molecule has 19 heavy (non-hydrogen) atoms. The Bertz CT molecular complexity index is 569. The third kappa shape index (κ3) is 3.34. The molecule has 0 aliphatic heterocycles. The first-order chi connectivity index (χ1) is 8.88. The first kappa shape index (κ1) is 14.0. The molecule has 10 heteroatoms. The number of nitrogens with zero attached hydrogens (tertiary/aromatic N) is 4. The number of fused-ring (bicyclic) bond motifs is 1. The Morgan fingerprint density at radius 2 is 2.11 bits per heavy atom. The standard InChI is InChI=1S/C9H14N5O4P/c1-6(2-18-5-19(15,16)17)14-4-13-7-8(10)11-3-12-9(7)14/h3-4,6H,2,5H2,1H3,(H2,10,11,12)(H2,15,16,17)/p-2/t6-/m1/s1. The Balaban J connectivity index is 2.09. The van der Waals surface area contributed by atoms with Crippen molar-refractivity contribution in [2.75, 3.05) is 18.7 Å². The maximum Gasteiger partial charge on any atom is 0.165 e. The molecule has 2 N–H and O–H groups in total. The third-order valence-electron chi connectivity index (χ3n) is 2.47. The van der Waals surface area contributed by atoms with Crippen LogP contribution in [0.5, 0.6) is 0 Å². The summed E-state index contributed by atoms with van der Waals surface area (Å²) < 4.78 is 6.53. The lowest BCUT2D eigenvalue weighted by Gasteiger charge is -2.41. The van der Waals surface area contributed by atoms with Crippen molar-refractivity contribution in [3.8, 4) is 0 Å². The van der Waals surface area contributed by atoms with E-state index in [2.05, 4.69) is 15.0 Å². The van der Waals surface area contributed by atoms with Crippen molar-refractivity contribution in [2.24, 2.45) is 0 Å². The first-order valence-electron chi connectivity index (χ1n) is 5.40. The topological polar surface area (TPSA) is 148 Å². The molecule has 0 aliphatic rings. The second kappa shape index (κ2) is 5.32. The SMILES string of the molecule is C[C@H](COC[P+]([O-])([O-])[O-])n1cnc2c(N)ncnc21. The first-order valence-corrected chi connectivity index (χ1v) is 7.13. The van der Waals surface area contributed by atoms with Gasteiger partial charge in [0.1, 0.15) is 18.2 Å². The molecule has 0 bridgehead atoms. The molecule has 0 aliphatic carbocycles. The van der Waals surface area contributed by atoms with Crippen LogP contribution < -0.4 is 20.4 Å². The van der Waals surface area contributed by atoms with Gasteiger partial charge in [0, 0.05) is 0 Å². The van der Waals surface area contributed by atoms with Gasteiger partial charge in [-0.1, -0.05) is 0 Å². The van der Waals surface area contributed by atoms with E-state index >= 15 is 0 Å². The summed E-state index contributed by atoms with van der Waals surface area (Å²) in [5.74, 6) is 0.264. The maximum atomic E-state index is 10.4. The highest BCUT2D eigenvalue weighted by atomic mass is 31.2. The summed E-state index contributed by atoms with van der Waals surface area (Å²) >= 11 is 0. The predicted octanol–water partition coefficient (Wildman–Crippen LogP) is -2.21. The molecule has 0 unspecified atom stereocenters. The normalized spacial score (nSPS) is 13.9.